The Balaban J connectivity index is 2.14. The molecule has 1 aromatic rings. The van der Waals surface area contributed by atoms with Gasteiger partial charge in [0.1, 0.15) is 0 Å². The summed E-state index contributed by atoms with van der Waals surface area (Å²) in [5.74, 6) is -0.000812. The van der Waals surface area contributed by atoms with E-state index in [1.54, 1.807) is 0 Å². The second kappa shape index (κ2) is 5.95. The fourth-order valence-corrected chi connectivity index (χ4v) is 3.27. The van der Waals surface area contributed by atoms with Gasteiger partial charge < -0.3 is 9.80 Å². The number of alkyl halides is 1. The van der Waals surface area contributed by atoms with Gasteiger partial charge in [-0.05, 0) is 39.2 Å². The van der Waals surface area contributed by atoms with Gasteiger partial charge in [-0.15, -0.1) is 0 Å². The number of hydrogen-bond donors (Lipinski definition) is 0. The Morgan fingerprint density at radius 1 is 1.39 bits per heavy atom. The smallest absolute Gasteiger partial charge is 0.255 e. The quantitative estimate of drug-likeness (QED) is 0.794. The van der Waals surface area contributed by atoms with E-state index in [0.717, 1.165) is 30.1 Å². The van der Waals surface area contributed by atoms with Crippen molar-refractivity contribution in [1.82, 2.24) is 4.90 Å². The molecule has 98 valence electrons. The molecule has 1 atom stereocenters. The predicted octanol–water partition coefficient (Wildman–Crippen LogP) is 2.64. The zero-order chi connectivity index (χ0) is 13.1. The minimum absolute atomic E-state index is 0.000812. The summed E-state index contributed by atoms with van der Waals surface area (Å²) in [7, 11) is 4.07. The van der Waals surface area contributed by atoms with Crippen LogP contribution in [0, 0.1) is 0 Å². The summed E-state index contributed by atoms with van der Waals surface area (Å²) in [6.45, 7) is 1.68. The van der Waals surface area contributed by atoms with Crippen molar-refractivity contribution in [2.45, 2.75) is 16.0 Å². The number of hydrogen-bond acceptors (Lipinski definition) is 3. The summed E-state index contributed by atoms with van der Waals surface area (Å²) < 4.78 is -0.501. The van der Waals surface area contributed by atoms with Crippen LogP contribution in [0.5, 0.6) is 0 Å². The van der Waals surface area contributed by atoms with Crippen molar-refractivity contribution >= 4 is 35.0 Å². The van der Waals surface area contributed by atoms with Crippen LogP contribution in [0.4, 0.5) is 5.69 Å². The van der Waals surface area contributed by atoms with Crippen molar-refractivity contribution in [3.8, 4) is 0 Å². The molecule has 5 heteroatoms. The Bertz CT molecular complexity index is 439. The summed E-state index contributed by atoms with van der Waals surface area (Å²) in [6.07, 6.45) is 0.946. The maximum absolute atomic E-state index is 12.1. The lowest BCUT2D eigenvalue weighted by Gasteiger charge is -2.31. The lowest BCUT2D eigenvalue weighted by Crippen LogP contribution is -2.40. The van der Waals surface area contributed by atoms with Gasteiger partial charge >= 0.3 is 0 Å². The van der Waals surface area contributed by atoms with Crippen LogP contribution in [0.25, 0.3) is 0 Å². The third-order valence-corrected chi connectivity index (χ3v) is 4.30. The molecule has 1 amide bonds. The van der Waals surface area contributed by atoms with E-state index >= 15 is 0 Å². The molecule has 18 heavy (non-hydrogen) atoms. The summed E-state index contributed by atoms with van der Waals surface area (Å²) in [5, 5.41) is 0. The van der Waals surface area contributed by atoms with Crippen molar-refractivity contribution in [2.24, 2.45) is 0 Å². The number of benzene rings is 1. The fraction of sp³-hybridized carbons (Fsp3) is 0.462. The van der Waals surface area contributed by atoms with Gasteiger partial charge in [0.15, 0.2) is 4.71 Å². The Morgan fingerprint density at radius 2 is 2.11 bits per heavy atom. The summed E-state index contributed by atoms with van der Waals surface area (Å²) in [4.78, 5) is 17.1. The van der Waals surface area contributed by atoms with Crippen LogP contribution in [0.3, 0.4) is 0 Å². The van der Waals surface area contributed by atoms with Gasteiger partial charge in [-0.25, -0.2) is 0 Å². The first-order valence-corrected chi connectivity index (χ1v) is 7.27. The SMILES string of the molecule is CN(C)CCCN1C(=O)C(Cl)Sc2ccccc21. The normalized spacial score (nSPS) is 19.2. The van der Waals surface area contributed by atoms with Crippen LogP contribution in [0.15, 0.2) is 29.2 Å². The summed E-state index contributed by atoms with van der Waals surface area (Å²) >= 11 is 7.52. The van der Waals surface area contributed by atoms with E-state index in [4.69, 9.17) is 11.6 Å². The molecule has 1 aliphatic heterocycles. The number of carbonyl (C=O) groups is 1. The molecule has 3 nitrogen and oxygen atoms in total. The molecule has 2 rings (SSSR count). The molecule has 1 aliphatic rings. The lowest BCUT2D eigenvalue weighted by atomic mass is 10.2. The van der Waals surface area contributed by atoms with Gasteiger partial charge in [0.05, 0.1) is 5.69 Å². The highest BCUT2D eigenvalue weighted by Gasteiger charge is 2.31. The van der Waals surface area contributed by atoms with Gasteiger partial charge in [-0.1, -0.05) is 35.5 Å². The first kappa shape index (κ1) is 13.7. The van der Waals surface area contributed by atoms with E-state index in [2.05, 4.69) is 4.90 Å². The molecular weight excluding hydrogens is 268 g/mol. The number of para-hydroxylation sites is 1. The van der Waals surface area contributed by atoms with E-state index in [1.807, 2.05) is 43.3 Å². The molecule has 0 fully saturated rings. The van der Waals surface area contributed by atoms with Crippen LogP contribution in [-0.4, -0.2) is 42.7 Å². The minimum atomic E-state index is -0.501. The number of amides is 1. The first-order valence-electron chi connectivity index (χ1n) is 5.95. The zero-order valence-corrected chi connectivity index (χ0v) is 12.2. The molecule has 0 radical (unpaired) electrons. The van der Waals surface area contributed by atoms with Crippen LogP contribution in [0.2, 0.25) is 0 Å². The second-order valence-corrected chi connectivity index (χ2v) is 6.39. The fourth-order valence-electron chi connectivity index (χ4n) is 1.96. The highest BCUT2D eigenvalue weighted by Crippen LogP contribution is 2.40. The Hall–Kier alpha value is -0.710. The highest BCUT2D eigenvalue weighted by atomic mass is 35.5. The molecular formula is C13H17ClN2OS. The van der Waals surface area contributed by atoms with Crippen LogP contribution < -0.4 is 4.90 Å². The average molecular weight is 285 g/mol. The topological polar surface area (TPSA) is 23.6 Å². The van der Waals surface area contributed by atoms with E-state index < -0.39 is 4.71 Å². The number of thioether (sulfide) groups is 1. The van der Waals surface area contributed by atoms with Gasteiger partial charge in [-0.3, -0.25) is 4.79 Å². The number of nitrogens with zero attached hydrogens (tertiary/aromatic N) is 2. The molecule has 1 unspecified atom stereocenters. The van der Waals surface area contributed by atoms with Crippen molar-refractivity contribution in [3.05, 3.63) is 24.3 Å². The zero-order valence-electron chi connectivity index (χ0n) is 10.6. The number of carbonyl (C=O) groups excluding carboxylic acids is 1. The molecule has 0 N–H and O–H groups in total. The maximum Gasteiger partial charge on any atom is 0.255 e. The van der Waals surface area contributed by atoms with Gasteiger partial charge in [-0.2, -0.15) is 0 Å². The third kappa shape index (κ3) is 2.99. The first-order chi connectivity index (χ1) is 8.59. The van der Waals surface area contributed by atoms with Crippen molar-refractivity contribution < 1.29 is 4.79 Å². The predicted molar refractivity (Wildman–Crippen MR) is 77.5 cm³/mol. The summed E-state index contributed by atoms with van der Waals surface area (Å²) in [6, 6.07) is 7.93. The molecule has 1 aromatic carbocycles. The maximum atomic E-state index is 12.1. The lowest BCUT2D eigenvalue weighted by molar-refractivity contribution is -0.117. The van der Waals surface area contributed by atoms with Crippen LogP contribution in [-0.2, 0) is 4.79 Å². The van der Waals surface area contributed by atoms with E-state index in [-0.39, 0.29) is 5.91 Å². The molecule has 0 aromatic heterocycles. The number of anilines is 1. The molecule has 0 saturated heterocycles. The Labute approximate surface area is 117 Å². The minimum Gasteiger partial charge on any atom is -0.309 e. The van der Waals surface area contributed by atoms with Crippen LogP contribution in [0.1, 0.15) is 6.42 Å². The number of fused-ring (bicyclic) bond motifs is 1. The standard InChI is InChI=1S/C13H17ClN2OS/c1-15(2)8-5-9-16-10-6-3-4-7-11(10)18-12(14)13(16)17/h3-4,6-7,12H,5,8-9H2,1-2H3. The van der Waals surface area contributed by atoms with Gasteiger partial charge in [0.2, 0.25) is 0 Å². The Morgan fingerprint density at radius 3 is 2.83 bits per heavy atom. The van der Waals surface area contributed by atoms with Crippen molar-refractivity contribution in [3.63, 3.8) is 0 Å². The molecule has 0 bridgehead atoms. The van der Waals surface area contributed by atoms with Crippen molar-refractivity contribution in [2.75, 3.05) is 32.1 Å². The average Bonchev–Trinajstić information content (AvgIpc) is 2.33. The second-order valence-electron chi connectivity index (χ2n) is 4.55. The monoisotopic (exact) mass is 284 g/mol. The van der Waals surface area contributed by atoms with E-state index in [9.17, 15) is 4.79 Å². The Kier molecular flexibility index (Phi) is 4.54. The molecule has 0 saturated carbocycles. The van der Waals surface area contributed by atoms with E-state index in [0.29, 0.717) is 0 Å². The van der Waals surface area contributed by atoms with Gasteiger partial charge in [0.25, 0.3) is 5.91 Å². The third-order valence-electron chi connectivity index (χ3n) is 2.83. The summed E-state index contributed by atoms with van der Waals surface area (Å²) in [5.41, 5.74) is 0.989. The molecule has 1 heterocycles. The highest BCUT2D eigenvalue weighted by molar-refractivity contribution is 8.02. The van der Waals surface area contributed by atoms with Gasteiger partial charge in [0, 0.05) is 11.4 Å². The van der Waals surface area contributed by atoms with E-state index in [1.165, 1.54) is 11.8 Å². The molecule has 0 spiro atoms. The number of halogens is 1. The van der Waals surface area contributed by atoms with Crippen molar-refractivity contribution in [1.29, 1.82) is 0 Å². The van der Waals surface area contributed by atoms with Crippen LogP contribution >= 0.6 is 23.4 Å². The largest absolute Gasteiger partial charge is 0.309 e. The number of rotatable bonds is 4. The molecule has 0 aliphatic carbocycles.